The predicted molar refractivity (Wildman–Crippen MR) is 78.5 cm³/mol. The SMILES string of the molecule is CNC(=O)C[C@@]1(COC)CN(C(=O)c2cn[nH]c2C)CCO1. The molecule has 1 atom stereocenters. The van der Waals surface area contributed by atoms with Crippen molar-refractivity contribution in [3.63, 3.8) is 0 Å². The van der Waals surface area contributed by atoms with Gasteiger partial charge in [0.1, 0.15) is 5.60 Å². The Morgan fingerprint density at radius 3 is 2.95 bits per heavy atom. The molecule has 1 aromatic rings. The number of hydrogen-bond donors (Lipinski definition) is 2. The first kappa shape index (κ1) is 16.4. The summed E-state index contributed by atoms with van der Waals surface area (Å²) in [5, 5.41) is 9.22. The maximum atomic E-state index is 12.6. The zero-order valence-corrected chi connectivity index (χ0v) is 13.1. The number of H-pyrrole nitrogens is 1. The lowest BCUT2D eigenvalue weighted by molar-refractivity contribution is -0.150. The highest BCUT2D eigenvalue weighted by Gasteiger charge is 2.40. The first-order chi connectivity index (χ1) is 10.5. The van der Waals surface area contributed by atoms with Gasteiger partial charge >= 0.3 is 0 Å². The normalized spacial score (nSPS) is 21.7. The van der Waals surface area contributed by atoms with Gasteiger partial charge in [-0.2, -0.15) is 5.10 Å². The molecule has 1 aliphatic heterocycles. The summed E-state index contributed by atoms with van der Waals surface area (Å²) >= 11 is 0. The monoisotopic (exact) mass is 310 g/mol. The molecule has 22 heavy (non-hydrogen) atoms. The van der Waals surface area contributed by atoms with Crippen LogP contribution in [0, 0.1) is 6.92 Å². The van der Waals surface area contributed by atoms with E-state index in [4.69, 9.17) is 9.47 Å². The largest absolute Gasteiger partial charge is 0.382 e. The number of carbonyl (C=O) groups is 2. The molecule has 1 saturated heterocycles. The van der Waals surface area contributed by atoms with Gasteiger partial charge in [-0.3, -0.25) is 14.7 Å². The van der Waals surface area contributed by atoms with E-state index >= 15 is 0 Å². The molecule has 2 N–H and O–H groups in total. The van der Waals surface area contributed by atoms with Gasteiger partial charge in [-0.1, -0.05) is 0 Å². The van der Waals surface area contributed by atoms with Crippen LogP contribution in [0.25, 0.3) is 0 Å². The number of aromatic nitrogens is 2. The van der Waals surface area contributed by atoms with Gasteiger partial charge in [-0.05, 0) is 6.92 Å². The zero-order chi connectivity index (χ0) is 16.2. The van der Waals surface area contributed by atoms with Crippen molar-refractivity contribution in [1.29, 1.82) is 0 Å². The zero-order valence-electron chi connectivity index (χ0n) is 13.1. The molecular weight excluding hydrogens is 288 g/mol. The second kappa shape index (κ2) is 6.89. The maximum Gasteiger partial charge on any atom is 0.257 e. The van der Waals surface area contributed by atoms with Gasteiger partial charge in [-0.25, -0.2) is 0 Å². The van der Waals surface area contributed by atoms with Crippen molar-refractivity contribution in [2.24, 2.45) is 0 Å². The van der Waals surface area contributed by atoms with Crippen LogP contribution in [0.1, 0.15) is 22.5 Å². The van der Waals surface area contributed by atoms with Gasteiger partial charge < -0.3 is 19.7 Å². The summed E-state index contributed by atoms with van der Waals surface area (Å²) < 4.78 is 11.0. The summed E-state index contributed by atoms with van der Waals surface area (Å²) in [5.74, 6) is -0.266. The van der Waals surface area contributed by atoms with Crippen LogP contribution in [-0.2, 0) is 14.3 Å². The number of aromatic amines is 1. The van der Waals surface area contributed by atoms with Crippen LogP contribution in [0.4, 0.5) is 0 Å². The first-order valence-corrected chi connectivity index (χ1v) is 7.14. The fourth-order valence-electron chi connectivity index (χ4n) is 2.64. The Kier molecular flexibility index (Phi) is 5.15. The number of nitrogens with one attached hydrogen (secondary N) is 2. The topological polar surface area (TPSA) is 96.5 Å². The smallest absolute Gasteiger partial charge is 0.257 e. The van der Waals surface area contributed by atoms with Crippen molar-refractivity contribution < 1.29 is 19.1 Å². The number of methoxy groups -OCH3 is 1. The van der Waals surface area contributed by atoms with Crippen molar-refractivity contribution in [1.82, 2.24) is 20.4 Å². The lowest BCUT2D eigenvalue weighted by Crippen LogP contribution is -2.57. The quantitative estimate of drug-likeness (QED) is 0.779. The van der Waals surface area contributed by atoms with Gasteiger partial charge in [0, 0.05) is 26.4 Å². The molecule has 2 amide bonds. The Morgan fingerprint density at radius 1 is 1.59 bits per heavy atom. The predicted octanol–water partition coefficient (Wildman–Crippen LogP) is -0.288. The number of carbonyl (C=O) groups excluding carboxylic acids is 2. The Morgan fingerprint density at radius 2 is 2.36 bits per heavy atom. The minimum Gasteiger partial charge on any atom is -0.382 e. The maximum absolute atomic E-state index is 12.6. The third-order valence-corrected chi connectivity index (χ3v) is 3.76. The number of rotatable bonds is 5. The van der Waals surface area contributed by atoms with Gasteiger partial charge in [0.25, 0.3) is 5.91 Å². The van der Waals surface area contributed by atoms with Crippen molar-refractivity contribution in [3.8, 4) is 0 Å². The van der Waals surface area contributed by atoms with E-state index < -0.39 is 5.60 Å². The molecule has 0 radical (unpaired) electrons. The third-order valence-electron chi connectivity index (χ3n) is 3.76. The molecule has 1 aromatic heterocycles. The number of ether oxygens (including phenoxy) is 2. The Hall–Kier alpha value is -1.93. The molecular formula is C14H22N4O4. The minimum absolute atomic E-state index is 0.119. The number of morpholine rings is 1. The van der Waals surface area contributed by atoms with E-state index in [0.717, 1.165) is 5.69 Å². The summed E-state index contributed by atoms with van der Waals surface area (Å²) in [6.07, 6.45) is 1.66. The van der Waals surface area contributed by atoms with E-state index in [2.05, 4.69) is 15.5 Å². The van der Waals surface area contributed by atoms with E-state index in [1.807, 2.05) is 0 Å². The number of hydrogen-bond acceptors (Lipinski definition) is 5. The van der Waals surface area contributed by atoms with Crippen molar-refractivity contribution >= 4 is 11.8 Å². The second-order valence-electron chi connectivity index (χ2n) is 5.45. The lowest BCUT2D eigenvalue weighted by Gasteiger charge is -2.42. The van der Waals surface area contributed by atoms with Crippen LogP contribution >= 0.6 is 0 Å². The van der Waals surface area contributed by atoms with Crippen molar-refractivity contribution in [2.45, 2.75) is 18.9 Å². The molecule has 2 rings (SSSR count). The fourth-order valence-corrected chi connectivity index (χ4v) is 2.64. The molecule has 2 heterocycles. The second-order valence-corrected chi connectivity index (χ2v) is 5.45. The minimum atomic E-state index is -0.819. The summed E-state index contributed by atoms with van der Waals surface area (Å²) in [7, 11) is 3.12. The van der Waals surface area contributed by atoms with Crippen LogP contribution in [0.3, 0.4) is 0 Å². The Labute approximate surface area is 129 Å². The molecule has 0 bridgehead atoms. The van der Waals surface area contributed by atoms with Crippen LogP contribution in [0.5, 0.6) is 0 Å². The Bertz CT molecular complexity index is 541. The Balaban J connectivity index is 2.16. The fraction of sp³-hybridized carbons (Fsp3) is 0.643. The van der Waals surface area contributed by atoms with E-state index in [-0.39, 0.29) is 24.8 Å². The summed E-state index contributed by atoms with van der Waals surface area (Å²) in [4.78, 5) is 26.0. The number of nitrogens with zero attached hydrogens (tertiary/aromatic N) is 2. The summed E-state index contributed by atoms with van der Waals surface area (Å²) in [6, 6.07) is 0. The average molecular weight is 310 g/mol. The van der Waals surface area contributed by atoms with Gasteiger partial charge in [0.15, 0.2) is 0 Å². The molecule has 0 unspecified atom stereocenters. The highest BCUT2D eigenvalue weighted by atomic mass is 16.5. The lowest BCUT2D eigenvalue weighted by atomic mass is 9.97. The molecule has 0 saturated carbocycles. The molecule has 0 aromatic carbocycles. The van der Waals surface area contributed by atoms with Crippen LogP contribution < -0.4 is 5.32 Å². The van der Waals surface area contributed by atoms with Crippen LogP contribution in [-0.4, -0.2) is 73.0 Å². The van der Waals surface area contributed by atoms with Crippen molar-refractivity contribution in [3.05, 3.63) is 17.5 Å². The third kappa shape index (κ3) is 3.45. The highest BCUT2D eigenvalue weighted by Crippen LogP contribution is 2.24. The molecule has 0 aliphatic carbocycles. The van der Waals surface area contributed by atoms with Gasteiger partial charge in [-0.15, -0.1) is 0 Å². The standard InChI is InChI=1S/C14H22N4O4/c1-10-11(7-16-17-10)13(20)18-4-5-22-14(8-18,9-21-3)6-12(19)15-2/h7H,4-6,8-9H2,1-3H3,(H,15,19)(H,16,17)/t14-/m0/s1. The molecule has 8 heteroatoms. The van der Waals surface area contributed by atoms with E-state index in [1.54, 1.807) is 26.0 Å². The van der Waals surface area contributed by atoms with E-state index in [9.17, 15) is 9.59 Å². The first-order valence-electron chi connectivity index (χ1n) is 7.14. The molecule has 1 fully saturated rings. The van der Waals surface area contributed by atoms with Gasteiger partial charge in [0.2, 0.25) is 5.91 Å². The van der Waals surface area contributed by atoms with E-state index in [1.165, 1.54) is 6.20 Å². The summed E-state index contributed by atoms with van der Waals surface area (Å²) in [5.41, 5.74) is 0.439. The molecule has 0 spiro atoms. The van der Waals surface area contributed by atoms with Crippen molar-refractivity contribution in [2.75, 3.05) is 40.5 Å². The number of aryl methyl sites for hydroxylation is 1. The molecule has 8 nitrogen and oxygen atoms in total. The van der Waals surface area contributed by atoms with Crippen LogP contribution in [0.15, 0.2) is 6.20 Å². The van der Waals surface area contributed by atoms with E-state index in [0.29, 0.717) is 25.3 Å². The van der Waals surface area contributed by atoms with Gasteiger partial charge in [0.05, 0.1) is 37.9 Å². The average Bonchev–Trinajstić information content (AvgIpc) is 2.93. The molecule has 122 valence electrons. The highest BCUT2D eigenvalue weighted by molar-refractivity contribution is 5.95. The van der Waals surface area contributed by atoms with Crippen LogP contribution in [0.2, 0.25) is 0 Å². The number of amides is 2. The summed E-state index contributed by atoms with van der Waals surface area (Å²) in [6.45, 7) is 3.19. The molecule has 1 aliphatic rings.